The summed E-state index contributed by atoms with van der Waals surface area (Å²) in [6, 6.07) is 13.6. The van der Waals surface area contributed by atoms with E-state index in [1.54, 1.807) is 37.3 Å². The van der Waals surface area contributed by atoms with Crippen molar-refractivity contribution in [3.8, 4) is 6.07 Å². The molecule has 0 N–H and O–H groups in total. The van der Waals surface area contributed by atoms with Crippen molar-refractivity contribution in [2.45, 2.75) is 20.3 Å². The van der Waals surface area contributed by atoms with E-state index in [4.69, 9.17) is 0 Å². The average molecular weight is 320 g/mol. The molecule has 24 heavy (non-hydrogen) atoms. The number of carbonyl (C=O) groups is 1. The van der Waals surface area contributed by atoms with Crippen LogP contribution in [0.5, 0.6) is 0 Å². The van der Waals surface area contributed by atoms with Crippen LogP contribution < -0.4 is 0 Å². The summed E-state index contributed by atoms with van der Waals surface area (Å²) in [5.74, 6) is -0.391. The Hall–Kier alpha value is -3.26. The first-order valence-electron chi connectivity index (χ1n) is 7.47. The van der Waals surface area contributed by atoms with E-state index in [-0.39, 0.29) is 11.3 Å². The fourth-order valence-electron chi connectivity index (χ4n) is 2.43. The Balaban J connectivity index is 2.47. The van der Waals surface area contributed by atoms with Gasteiger partial charge in [-0.25, -0.2) is 0 Å². The van der Waals surface area contributed by atoms with Gasteiger partial charge in [0.25, 0.3) is 5.69 Å². The number of allylic oxidation sites excluding steroid dienone is 1. The lowest BCUT2D eigenvalue weighted by atomic mass is 9.97. The van der Waals surface area contributed by atoms with Crippen molar-refractivity contribution in [3.63, 3.8) is 0 Å². The van der Waals surface area contributed by atoms with Crippen LogP contribution in [0.4, 0.5) is 5.69 Å². The lowest BCUT2D eigenvalue weighted by Gasteiger charge is -2.04. The van der Waals surface area contributed by atoms with Crippen LogP contribution >= 0.6 is 0 Å². The van der Waals surface area contributed by atoms with Crippen molar-refractivity contribution in [3.05, 3.63) is 80.4 Å². The normalized spacial score (nSPS) is 11.0. The maximum absolute atomic E-state index is 12.5. The number of hydrogen-bond acceptors (Lipinski definition) is 4. The SMILES string of the molecule is CCc1ccc(/C=C(\C#N)C(=O)c2ccccc2C)cc1[N+](=O)[O-]. The minimum Gasteiger partial charge on any atom is -0.288 e. The molecule has 0 radical (unpaired) electrons. The standard InChI is InChI=1S/C19H16N2O3/c1-3-15-9-8-14(11-18(15)21(23)24)10-16(12-20)19(22)17-7-5-4-6-13(17)2/h4-11H,3H2,1-2H3/b16-10+. The van der Waals surface area contributed by atoms with Gasteiger partial charge in [-0.2, -0.15) is 5.26 Å². The van der Waals surface area contributed by atoms with Gasteiger partial charge in [0.05, 0.1) is 4.92 Å². The number of rotatable bonds is 5. The second kappa shape index (κ2) is 7.34. The summed E-state index contributed by atoms with van der Waals surface area (Å²) in [5, 5.41) is 20.5. The molecular weight excluding hydrogens is 304 g/mol. The van der Waals surface area contributed by atoms with Crippen LogP contribution in [-0.4, -0.2) is 10.7 Å². The molecule has 0 aliphatic carbocycles. The summed E-state index contributed by atoms with van der Waals surface area (Å²) in [6.45, 7) is 3.63. The van der Waals surface area contributed by atoms with Crippen molar-refractivity contribution in [1.82, 2.24) is 0 Å². The van der Waals surface area contributed by atoms with Gasteiger partial charge in [0.2, 0.25) is 5.78 Å². The molecule has 0 aromatic heterocycles. The van der Waals surface area contributed by atoms with Crippen LogP contribution in [0.1, 0.15) is 34.0 Å². The van der Waals surface area contributed by atoms with E-state index >= 15 is 0 Å². The third-order valence-electron chi connectivity index (χ3n) is 3.75. The van der Waals surface area contributed by atoms with Gasteiger partial charge in [-0.05, 0) is 30.5 Å². The van der Waals surface area contributed by atoms with Crippen molar-refractivity contribution < 1.29 is 9.72 Å². The van der Waals surface area contributed by atoms with Crippen molar-refractivity contribution >= 4 is 17.5 Å². The first-order valence-corrected chi connectivity index (χ1v) is 7.47. The van der Waals surface area contributed by atoms with Crippen LogP contribution in [0.15, 0.2) is 48.0 Å². The molecule has 0 bridgehead atoms. The van der Waals surface area contributed by atoms with Gasteiger partial charge in [-0.1, -0.05) is 43.3 Å². The third kappa shape index (κ3) is 3.55. The molecule has 0 saturated carbocycles. The Kier molecular flexibility index (Phi) is 5.23. The number of nitrogens with zero attached hydrogens (tertiary/aromatic N) is 2. The van der Waals surface area contributed by atoms with Gasteiger partial charge in [0, 0.05) is 17.2 Å². The van der Waals surface area contributed by atoms with Crippen molar-refractivity contribution in [1.29, 1.82) is 5.26 Å². The number of nitro groups is 1. The highest BCUT2D eigenvalue weighted by Gasteiger charge is 2.16. The Morgan fingerprint density at radius 1 is 1.29 bits per heavy atom. The number of Topliss-reactive ketones (excluding diaryl/α,β-unsaturated/α-hetero) is 1. The van der Waals surface area contributed by atoms with E-state index in [0.717, 1.165) is 5.56 Å². The molecule has 0 unspecified atom stereocenters. The van der Waals surface area contributed by atoms with E-state index < -0.39 is 10.7 Å². The second-order valence-corrected chi connectivity index (χ2v) is 5.31. The zero-order chi connectivity index (χ0) is 17.7. The minimum absolute atomic E-state index is 0.00752. The van der Waals surface area contributed by atoms with E-state index in [2.05, 4.69) is 0 Å². The van der Waals surface area contributed by atoms with Gasteiger partial charge in [-0.3, -0.25) is 14.9 Å². The van der Waals surface area contributed by atoms with E-state index in [0.29, 0.717) is 23.1 Å². The lowest BCUT2D eigenvalue weighted by molar-refractivity contribution is -0.385. The van der Waals surface area contributed by atoms with Crippen LogP contribution in [0.25, 0.3) is 6.08 Å². The Morgan fingerprint density at radius 3 is 2.58 bits per heavy atom. The molecule has 0 spiro atoms. The molecule has 5 nitrogen and oxygen atoms in total. The highest BCUT2D eigenvalue weighted by Crippen LogP contribution is 2.23. The maximum Gasteiger partial charge on any atom is 0.273 e. The quantitative estimate of drug-likeness (QED) is 0.271. The Bertz CT molecular complexity index is 876. The summed E-state index contributed by atoms with van der Waals surface area (Å²) in [5.41, 5.74) is 2.23. The zero-order valence-electron chi connectivity index (χ0n) is 13.4. The number of aryl methyl sites for hydroxylation is 2. The number of nitro benzene ring substituents is 1. The Morgan fingerprint density at radius 2 is 2.00 bits per heavy atom. The van der Waals surface area contributed by atoms with Gasteiger partial charge < -0.3 is 0 Å². The predicted octanol–water partition coefficient (Wildman–Crippen LogP) is 4.26. The average Bonchev–Trinajstić information content (AvgIpc) is 2.59. The largest absolute Gasteiger partial charge is 0.288 e. The number of nitriles is 1. The number of carbonyl (C=O) groups excluding carboxylic acids is 1. The molecule has 0 heterocycles. The molecule has 0 aliphatic heterocycles. The summed E-state index contributed by atoms with van der Waals surface area (Å²) in [7, 11) is 0. The first kappa shape index (κ1) is 17.1. The number of ketones is 1. The first-order chi connectivity index (χ1) is 11.5. The molecule has 0 amide bonds. The lowest BCUT2D eigenvalue weighted by Crippen LogP contribution is -2.04. The molecular formula is C19H16N2O3. The molecule has 120 valence electrons. The summed E-state index contributed by atoms with van der Waals surface area (Å²) >= 11 is 0. The van der Waals surface area contributed by atoms with E-state index in [1.807, 2.05) is 19.1 Å². The molecule has 0 atom stereocenters. The summed E-state index contributed by atoms with van der Waals surface area (Å²) in [6.07, 6.45) is 1.93. The van der Waals surface area contributed by atoms with Crippen LogP contribution in [0.2, 0.25) is 0 Å². The van der Waals surface area contributed by atoms with Crippen molar-refractivity contribution in [2.75, 3.05) is 0 Å². The highest BCUT2D eigenvalue weighted by atomic mass is 16.6. The Labute approximate surface area is 140 Å². The van der Waals surface area contributed by atoms with E-state index in [1.165, 1.54) is 12.1 Å². The molecule has 2 aromatic rings. The molecule has 0 saturated heterocycles. The van der Waals surface area contributed by atoms with Crippen LogP contribution in [0.3, 0.4) is 0 Å². The van der Waals surface area contributed by atoms with Crippen LogP contribution in [0, 0.1) is 28.4 Å². The monoisotopic (exact) mass is 320 g/mol. The van der Waals surface area contributed by atoms with E-state index in [9.17, 15) is 20.2 Å². The summed E-state index contributed by atoms with van der Waals surface area (Å²) < 4.78 is 0. The predicted molar refractivity (Wildman–Crippen MR) is 91.6 cm³/mol. The molecule has 5 heteroatoms. The molecule has 2 rings (SSSR count). The fraction of sp³-hybridized carbons (Fsp3) is 0.158. The molecule has 0 fully saturated rings. The fourth-order valence-corrected chi connectivity index (χ4v) is 2.43. The van der Waals surface area contributed by atoms with Gasteiger partial charge >= 0.3 is 0 Å². The topological polar surface area (TPSA) is 84.0 Å². The maximum atomic E-state index is 12.5. The summed E-state index contributed by atoms with van der Waals surface area (Å²) in [4.78, 5) is 23.2. The van der Waals surface area contributed by atoms with Gasteiger partial charge in [-0.15, -0.1) is 0 Å². The number of benzene rings is 2. The highest BCUT2D eigenvalue weighted by molar-refractivity contribution is 6.14. The van der Waals surface area contributed by atoms with Crippen LogP contribution in [-0.2, 0) is 6.42 Å². The zero-order valence-corrected chi connectivity index (χ0v) is 13.4. The van der Waals surface area contributed by atoms with Crippen molar-refractivity contribution in [2.24, 2.45) is 0 Å². The minimum atomic E-state index is -0.453. The second-order valence-electron chi connectivity index (χ2n) is 5.31. The third-order valence-corrected chi connectivity index (χ3v) is 3.75. The molecule has 2 aromatic carbocycles. The van der Waals surface area contributed by atoms with Gasteiger partial charge in [0.1, 0.15) is 11.6 Å². The smallest absolute Gasteiger partial charge is 0.273 e. The molecule has 0 aliphatic rings. The number of hydrogen-bond donors (Lipinski definition) is 0. The van der Waals surface area contributed by atoms with Gasteiger partial charge in [0.15, 0.2) is 0 Å².